The van der Waals surface area contributed by atoms with Crippen molar-refractivity contribution in [3.63, 3.8) is 0 Å². The van der Waals surface area contributed by atoms with Gasteiger partial charge in [0.15, 0.2) is 0 Å². The smallest absolute Gasteiger partial charge is 0.400 e. The average Bonchev–Trinajstić information content (AvgIpc) is 2.66. The van der Waals surface area contributed by atoms with Gasteiger partial charge in [-0.3, -0.25) is 4.79 Å². The van der Waals surface area contributed by atoms with E-state index in [-0.39, 0.29) is 12.1 Å². The Balaban J connectivity index is 2.34. The molecule has 2 heterocycles. The fraction of sp³-hybridized carbons (Fsp3) is 0.467. The van der Waals surface area contributed by atoms with Gasteiger partial charge in [0.25, 0.3) is 5.56 Å². The van der Waals surface area contributed by atoms with Crippen LogP contribution in [-0.2, 0) is 9.31 Å². The van der Waals surface area contributed by atoms with Crippen molar-refractivity contribution in [1.29, 1.82) is 5.26 Å². The fourth-order valence-electron chi connectivity index (χ4n) is 2.10. The number of aromatic nitrogens is 1. The highest BCUT2D eigenvalue weighted by Crippen LogP contribution is 2.38. The first-order valence-corrected chi connectivity index (χ1v) is 7.09. The third-order valence-electron chi connectivity index (χ3n) is 4.19. The van der Waals surface area contributed by atoms with Crippen molar-refractivity contribution in [3.8, 4) is 6.07 Å². The molecule has 7 heteroatoms. The first kappa shape index (κ1) is 16.5. The van der Waals surface area contributed by atoms with Gasteiger partial charge < -0.3 is 20.0 Å². The van der Waals surface area contributed by atoms with Gasteiger partial charge in [0.2, 0.25) is 0 Å². The molecule has 0 aromatic carbocycles. The SMILES string of the molecule is CC1(C)OB(C(=Cc2c[nH]c(=O)c(C#N)c2)CN)OC1(C)C. The van der Waals surface area contributed by atoms with Crippen molar-refractivity contribution in [2.75, 3.05) is 6.54 Å². The van der Waals surface area contributed by atoms with E-state index >= 15 is 0 Å². The number of nitriles is 1. The number of pyridine rings is 1. The van der Waals surface area contributed by atoms with Gasteiger partial charge in [-0.2, -0.15) is 5.26 Å². The molecule has 6 nitrogen and oxygen atoms in total. The predicted octanol–water partition coefficient (Wildman–Crippen LogP) is 1.22. The van der Waals surface area contributed by atoms with Crippen LogP contribution in [0.5, 0.6) is 0 Å². The number of aromatic amines is 1. The topological polar surface area (TPSA) is 101 Å². The summed E-state index contributed by atoms with van der Waals surface area (Å²) in [7, 11) is -0.549. The maximum Gasteiger partial charge on any atom is 0.491 e. The largest absolute Gasteiger partial charge is 0.491 e. The molecular formula is C15H20BN3O3. The van der Waals surface area contributed by atoms with Gasteiger partial charge in [-0.15, -0.1) is 0 Å². The first-order valence-electron chi connectivity index (χ1n) is 7.09. The summed E-state index contributed by atoms with van der Waals surface area (Å²) in [4.78, 5) is 13.9. The Labute approximate surface area is 130 Å². The molecule has 1 aromatic heterocycles. The van der Waals surface area contributed by atoms with E-state index in [1.165, 1.54) is 12.3 Å². The summed E-state index contributed by atoms with van der Waals surface area (Å²) in [5, 5.41) is 8.92. The van der Waals surface area contributed by atoms with Crippen LogP contribution in [0.2, 0.25) is 0 Å². The van der Waals surface area contributed by atoms with Gasteiger partial charge in [0.05, 0.1) is 11.2 Å². The zero-order valence-corrected chi connectivity index (χ0v) is 13.3. The minimum Gasteiger partial charge on any atom is -0.400 e. The molecule has 0 saturated carbocycles. The van der Waals surface area contributed by atoms with E-state index in [2.05, 4.69) is 4.98 Å². The number of rotatable bonds is 3. The average molecular weight is 301 g/mol. The van der Waals surface area contributed by atoms with Crippen molar-refractivity contribution < 1.29 is 9.31 Å². The standard InChI is InChI=1S/C15H20BN3O3/c1-14(2)15(3,4)22-16(21-14)12(8-18)6-10-5-11(7-17)13(20)19-9-10/h5-6,9H,8,18H2,1-4H3,(H,19,20). The van der Waals surface area contributed by atoms with Gasteiger partial charge >= 0.3 is 7.12 Å². The second-order valence-electron chi connectivity index (χ2n) is 6.30. The van der Waals surface area contributed by atoms with Crippen molar-refractivity contribution in [2.24, 2.45) is 5.73 Å². The van der Waals surface area contributed by atoms with Gasteiger partial charge in [-0.1, -0.05) is 6.08 Å². The lowest BCUT2D eigenvalue weighted by atomic mass is 9.77. The third-order valence-corrected chi connectivity index (χ3v) is 4.19. The van der Waals surface area contributed by atoms with Gasteiger partial charge in [0.1, 0.15) is 11.6 Å². The molecule has 22 heavy (non-hydrogen) atoms. The molecule has 1 saturated heterocycles. The Morgan fingerprint density at radius 2 is 2.00 bits per heavy atom. The van der Waals surface area contributed by atoms with Crippen LogP contribution < -0.4 is 11.3 Å². The Hall–Kier alpha value is -1.88. The molecule has 0 amide bonds. The Bertz CT molecular complexity index is 685. The summed E-state index contributed by atoms with van der Waals surface area (Å²) in [5.74, 6) is 0. The first-order chi connectivity index (χ1) is 10.2. The molecule has 0 unspecified atom stereocenters. The zero-order valence-electron chi connectivity index (χ0n) is 13.3. The van der Waals surface area contributed by atoms with Crippen molar-refractivity contribution in [1.82, 2.24) is 4.98 Å². The second-order valence-corrected chi connectivity index (χ2v) is 6.30. The number of H-pyrrole nitrogens is 1. The highest BCUT2D eigenvalue weighted by atomic mass is 16.7. The number of hydrogen-bond donors (Lipinski definition) is 2. The molecule has 0 aliphatic carbocycles. The summed E-state index contributed by atoms with van der Waals surface area (Å²) in [5.41, 5.74) is 5.97. The normalized spacial score (nSPS) is 20.0. The van der Waals surface area contributed by atoms with Crippen molar-refractivity contribution >= 4 is 13.2 Å². The lowest BCUT2D eigenvalue weighted by molar-refractivity contribution is 0.00578. The van der Waals surface area contributed by atoms with Crippen LogP contribution in [0, 0.1) is 11.3 Å². The molecule has 0 bridgehead atoms. The van der Waals surface area contributed by atoms with Gasteiger partial charge in [0, 0.05) is 12.7 Å². The Morgan fingerprint density at radius 1 is 1.41 bits per heavy atom. The summed E-state index contributed by atoms with van der Waals surface area (Å²) in [6.07, 6.45) is 3.31. The van der Waals surface area contributed by atoms with Crippen LogP contribution in [0.3, 0.4) is 0 Å². The molecule has 0 spiro atoms. The highest BCUT2D eigenvalue weighted by Gasteiger charge is 2.52. The molecule has 0 atom stereocenters. The van der Waals surface area contributed by atoms with E-state index < -0.39 is 23.9 Å². The Morgan fingerprint density at radius 3 is 2.50 bits per heavy atom. The van der Waals surface area contributed by atoms with Crippen LogP contribution in [-0.4, -0.2) is 29.8 Å². The van der Waals surface area contributed by atoms with E-state index in [9.17, 15) is 4.79 Å². The number of hydrogen-bond acceptors (Lipinski definition) is 5. The second kappa shape index (κ2) is 5.73. The van der Waals surface area contributed by atoms with Crippen LogP contribution in [0.1, 0.15) is 38.8 Å². The molecule has 3 N–H and O–H groups in total. The Kier molecular flexibility index (Phi) is 4.29. The van der Waals surface area contributed by atoms with Crippen LogP contribution in [0.4, 0.5) is 0 Å². The van der Waals surface area contributed by atoms with Crippen LogP contribution in [0.15, 0.2) is 22.5 Å². The van der Waals surface area contributed by atoms with Gasteiger partial charge in [-0.05, 0) is 44.8 Å². The number of nitrogens with two attached hydrogens (primary N) is 1. The van der Waals surface area contributed by atoms with E-state index in [1.54, 1.807) is 6.08 Å². The van der Waals surface area contributed by atoms with Crippen molar-refractivity contribution in [3.05, 3.63) is 39.2 Å². The summed E-state index contributed by atoms with van der Waals surface area (Å²) < 4.78 is 11.9. The maximum atomic E-state index is 11.4. The van der Waals surface area contributed by atoms with E-state index in [0.717, 1.165) is 5.47 Å². The molecule has 2 rings (SSSR count). The molecule has 0 radical (unpaired) electrons. The minimum atomic E-state index is -0.549. The highest BCUT2D eigenvalue weighted by molar-refractivity contribution is 6.55. The lowest BCUT2D eigenvalue weighted by Gasteiger charge is -2.32. The van der Waals surface area contributed by atoms with Crippen LogP contribution >= 0.6 is 0 Å². The summed E-state index contributed by atoms with van der Waals surface area (Å²) >= 11 is 0. The third kappa shape index (κ3) is 3.00. The minimum absolute atomic E-state index is 0.0547. The molecular weight excluding hydrogens is 281 g/mol. The number of nitrogens with zero attached hydrogens (tertiary/aromatic N) is 1. The van der Waals surface area contributed by atoms with Gasteiger partial charge in [-0.25, -0.2) is 0 Å². The zero-order chi connectivity index (χ0) is 16.5. The fourth-order valence-corrected chi connectivity index (χ4v) is 2.10. The molecule has 1 fully saturated rings. The summed E-state index contributed by atoms with van der Waals surface area (Å²) in [6, 6.07) is 3.37. The number of nitrogens with one attached hydrogen (secondary N) is 1. The van der Waals surface area contributed by atoms with Crippen molar-refractivity contribution in [2.45, 2.75) is 38.9 Å². The molecule has 1 aliphatic rings. The molecule has 116 valence electrons. The van der Waals surface area contributed by atoms with Crippen LogP contribution in [0.25, 0.3) is 6.08 Å². The monoisotopic (exact) mass is 301 g/mol. The maximum absolute atomic E-state index is 11.4. The molecule has 1 aromatic rings. The van der Waals surface area contributed by atoms with E-state index in [4.69, 9.17) is 20.3 Å². The van der Waals surface area contributed by atoms with E-state index in [0.29, 0.717) is 5.56 Å². The predicted molar refractivity (Wildman–Crippen MR) is 84.9 cm³/mol. The lowest BCUT2D eigenvalue weighted by Crippen LogP contribution is -2.41. The van der Waals surface area contributed by atoms with E-state index in [1.807, 2.05) is 33.8 Å². The summed E-state index contributed by atoms with van der Waals surface area (Å²) in [6.45, 7) is 8.12. The quantitative estimate of drug-likeness (QED) is 0.817. The molecule has 1 aliphatic heterocycles.